The minimum Gasteiger partial charge on any atom is -0.480 e. The van der Waals surface area contributed by atoms with Crippen molar-refractivity contribution in [3.63, 3.8) is 0 Å². The largest absolute Gasteiger partial charge is 0.480 e. The summed E-state index contributed by atoms with van der Waals surface area (Å²) in [5, 5.41) is 15.8. The Hall–Kier alpha value is -1.89. The third-order valence-electron chi connectivity index (χ3n) is 3.02. The first-order chi connectivity index (χ1) is 9.72. The van der Waals surface area contributed by atoms with Crippen LogP contribution in [0.4, 0.5) is 0 Å². The molecule has 1 rings (SSSR count). The summed E-state index contributed by atoms with van der Waals surface area (Å²) >= 11 is 0. The molecule has 0 aliphatic carbocycles. The summed E-state index contributed by atoms with van der Waals surface area (Å²) in [6.45, 7) is 7.82. The lowest BCUT2D eigenvalue weighted by Crippen LogP contribution is -2.44. The third kappa shape index (κ3) is 4.04. The average Bonchev–Trinajstić information content (AvgIpc) is 2.81. The van der Waals surface area contributed by atoms with E-state index in [2.05, 4.69) is 10.4 Å². The number of nitrogens with zero attached hydrogens (tertiary/aromatic N) is 2. The number of nitrogens with one attached hydrogen (secondary N) is 1. The van der Waals surface area contributed by atoms with E-state index in [0.29, 0.717) is 12.0 Å². The molecule has 0 saturated heterocycles. The molecule has 0 aliphatic rings. The van der Waals surface area contributed by atoms with E-state index in [0.717, 1.165) is 5.69 Å². The topological polar surface area (TPSA) is 93.4 Å². The van der Waals surface area contributed by atoms with Gasteiger partial charge >= 0.3 is 5.97 Å². The van der Waals surface area contributed by atoms with Gasteiger partial charge in [-0.2, -0.15) is 5.10 Å². The molecule has 0 fully saturated rings. The molecule has 21 heavy (non-hydrogen) atoms. The van der Waals surface area contributed by atoms with Gasteiger partial charge in [0.2, 0.25) is 0 Å². The Bertz CT molecular complexity index is 517. The maximum absolute atomic E-state index is 12.3. The molecular weight excluding hydrogens is 274 g/mol. The normalized spacial score (nSPS) is 13.0. The Balaban J connectivity index is 3.03. The monoisotopic (exact) mass is 297 g/mol. The molecule has 118 valence electrons. The van der Waals surface area contributed by atoms with Crippen molar-refractivity contribution in [2.24, 2.45) is 0 Å². The van der Waals surface area contributed by atoms with E-state index in [1.807, 2.05) is 27.7 Å². The highest BCUT2D eigenvalue weighted by Gasteiger charge is 2.26. The third-order valence-corrected chi connectivity index (χ3v) is 3.02. The second-order valence-corrected chi connectivity index (χ2v) is 5.76. The number of carbonyl (C=O) groups excluding carboxylic acids is 1. The lowest BCUT2D eigenvalue weighted by Gasteiger charge is -2.22. The zero-order chi connectivity index (χ0) is 16.2. The van der Waals surface area contributed by atoms with Crippen molar-refractivity contribution in [1.82, 2.24) is 15.1 Å². The predicted molar refractivity (Wildman–Crippen MR) is 77.4 cm³/mol. The number of hydrogen-bond donors (Lipinski definition) is 2. The van der Waals surface area contributed by atoms with Crippen molar-refractivity contribution in [3.8, 4) is 0 Å². The number of ether oxygens (including phenoxy) is 1. The number of aromatic nitrogens is 2. The second-order valence-electron chi connectivity index (χ2n) is 5.76. The van der Waals surface area contributed by atoms with Crippen molar-refractivity contribution in [3.05, 3.63) is 17.5 Å². The van der Waals surface area contributed by atoms with Gasteiger partial charge in [-0.25, -0.2) is 4.79 Å². The van der Waals surface area contributed by atoms with Crippen molar-refractivity contribution in [2.45, 2.75) is 45.7 Å². The molecule has 1 heterocycles. The summed E-state index contributed by atoms with van der Waals surface area (Å²) in [5.41, 5.74) is 0.930. The van der Waals surface area contributed by atoms with Gasteiger partial charge in [0, 0.05) is 7.11 Å². The van der Waals surface area contributed by atoms with E-state index in [9.17, 15) is 9.59 Å². The molecule has 0 aromatic carbocycles. The fourth-order valence-corrected chi connectivity index (χ4v) is 2.06. The van der Waals surface area contributed by atoms with E-state index in [1.54, 1.807) is 4.68 Å². The zero-order valence-corrected chi connectivity index (χ0v) is 13.1. The van der Waals surface area contributed by atoms with Crippen molar-refractivity contribution >= 4 is 11.9 Å². The van der Waals surface area contributed by atoms with Gasteiger partial charge in [-0.1, -0.05) is 6.92 Å². The van der Waals surface area contributed by atoms with Gasteiger partial charge in [-0.05, 0) is 27.2 Å². The first-order valence-corrected chi connectivity index (χ1v) is 6.82. The van der Waals surface area contributed by atoms with Crippen LogP contribution in [0.5, 0.6) is 0 Å². The van der Waals surface area contributed by atoms with Crippen LogP contribution in [0.2, 0.25) is 0 Å². The van der Waals surface area contributed by atoms with Gasteiger partial charge in [-0.3, -0.25) is 9.48 Å². The molecule has 0 radical (unpaired) electrons. The number of aliphatic carboxylic acids is 1. The van der Waals surface area contributed by atoms with Gasteiger partial charge in [0.25, 0.3) is 5.91 Å². The highest BCUT2D eigenvalue weighted by atomic mass is 16.5. The molecule has 0 aliphatic heterocycles. The van der Waals surface area contributed by atoms with Crippen molar-refractivity contribution in [2.75, 3.05) is 13.7 Å². The average molecular weight is 297 g/mol. The molecule has 0 bridgehead atoms. The van der Waals surface area contributed by atoms with Gasteiger partial charge in [0.15, 0.2) is 6.04 Å². The standard InChI is InChI=1S/C14H23N3O4/c1-6-11-9(7-15-17(11)14(2,3)4)12(18)16-10(8-21-5)13(19)20/h7,10H,6,8H2,1-5H3,(H,16,18)(H,19,20). The van der Waals surface area contributed by atoms with Crippen LogP contribution >= 0.6 is 0 Å². The van der Waals surface area contributed by atoms with Gasteiger partial charge in [0.1, 0.15) is 0 Å². The number of carboxylic acids is 1. The summed E-state index contributed by atoms with van der Waals surface area (Å²) in [4.78, 5) is 23.3. The van der Waals surface area contributed by atoms with Gasteiger partial charge < -0.3 is 15.2 Å². The highest BCUT2D eigenvalue weighted by molar-refractivity contribution is 5.97. The van der Waals surface area contributed by atoms with Crippen LogP contribution in [0.3, 0.4) is 0 Å². The maximum atomic E-state index is 12.3. The molecule has 1 unspecified atom stereocenters. The summed E-state index contributed by atoms with van der Waals surface area (Å²) in [5.74, 6) is -1.58. The number of rotatable bonds is 6. The molecule has 7 nitrogen and oxygen atoms in total. The molecule has 7 heteroatoms. The molecule has 0 saturated carbocycles. The summed E-state index contributed by atoms with van der Waals surface area (Å²) in [7, 11) is 1.39. The Morgan fingerprint density at radius 2 is 2.10 bits per heavy atom. The summed E-state index contributed by atoms with van der Waals surface area (Å²) in [6, 6.07) is -1.08. The first-order valence-electron chi connectivity index (χ1n) is 6.82. The number of hydrogen-bond acceptors (Lipinski definition) is 4. The molecule has 1 aromatic heterocycles. The van der Waals surface area contributed by atoms with E-state index in [-0.39, 0.29) is 12.1 Å². The molecule has 0 spiro atoms. The molecule has 1 atom stereocenters. The molecular formula is C14H23N3O4. The highest BCUT2D eigenvalue weighted by Crippen LogP contribution is 2.19. The second kappa shape index (κ2) is 6.71. The SMILES string of the molecule is CCc1c(C(=O)NC(COC)C(=O)O)cnn1C(C)(C)C. The van der Waals surface area contributed by atoms with Crippen LogP contribution in [0.15, 0.2) is 6.20 Å². The van der Waals surface area contributed by atoms with E-state index in [4.69, 9.17) is 9.84 Å². The lowest BCUT2D eigenvalue weighted by atomic mass is 10.1. The Morgan fingerprint density at radius 3 is 2.52 bits per heavy atom. The van der Waals surface area contributed by atoms with Crippen molar-refractivity contribution in [1.29, 1.82) is 0 Å². The lowest BCUT2D eigenvalue weighted by molar-refractivity contribution is -0.140. The number of methoxy groups -OCH3 is 1. The van der Waals surface area contributed by atoms with Crippen molar-refractivity contribution < 1.29 is 19.4 Å². The van der Waals surface area contributed by atoms with E-state index < -0.39 is 17.9 Å². The zero-order valence-electron chi connectivity index (χ0n) is 13.1. The van der Waals surface area contributed by atoms with Crippen LogP contribution in [0.1, 0.15) is 43.7 Å². The van der Waals surface area contributed by atoms with E-state index in [1.165, 1.54) is 13.3 Å². The molecule has 1 amide bonds. The maximum Gasteiger partial charge on any atom is 0.328 e. The number of carbonyl (C=O) groups is 2. The summed E-state index contributed by atoms with van der Waals surface area (Å²) < 4.78 is 6.59. The summed E-state index contributed by atoms with van der Waals surface area (Å²) in [6.07, 6.45) is 2.10. The number of amides is 1. The molecule has 2 N–H and O–H groups in total. The van der Waals surface area contributed by atoms with Gasteiger partial charge in [0.05, 0.1) is 29.6 Å². The first kappa shape index (κ1) is 17.2. The Kier molecular flexibility index (Phi) is 5.48. The molecule has 1 aromatic rings. The fraction of sp³-hybridized carbons (Fsp3) is 0.643. The quantitative estimate of drug-likeness (QED) is 0.818. The fourth-order valence-electron chi connectivity index (χ4n) is 2.06. The van der Waals surface area contributed by atoms with Gasteiger partial charge in [-0.15, -0.1) is 0 Å². The van der Waals surface area contributed by atoms with Crippen LogP contribution in [-0.4, -0.2) is 46.5 Å². The minimum atomic E-state index is -1.13. The smallest absolute Gasteiger partial charge is 0.328 e. The minimum absolute atomic E-state index is 0.0874. The van der Waals surface area contributed by atoms with E-state index >= 15 is 0 Å². The Labute approximate surface area is 124 Å². The Morgan fingerprint density at radius 1 is 1.48 bits per heavy atom. The van der Waals surface area contributed by atoms with Crippen LogP contribution < -0.4 is 5.32 Å². The van der Waals surface area contributed by atoms with Crippen LogP contribution in [0, 0.1) is 0 Å². The van der Waals surface area contributed by atoms with Crippen LogP contribution in [0.25, 0.3) is 0 Å². The predicted octanol–water partition coefficient (Wildman–Crippen LogP) is 1.03. The number of carboxylic acid groups (broad SMARTS) is 1. The van der Waals surface area contributed by atoms with Crippen LogP contribution in [-0.2, 0) is 21.5 Å².